The summed E-state index contributed by atoms with van der Waals surface area (Å²) in [5.74, 6) is -0.296. The van der Waals surface area contributed by atoms with Crippen molar-refractivity contribution in [1.29, 1.82) is 0 Å². The second-order valence-electron chi connectivity index (χ2n) is 23.7. The number of aliphatic hydroxyl groups is 1. The Bertz CT molecular complexity index is 3440. The topological polar surface area (TPSA) is 188 Å². The molecule has 0 radical (unpaired) electrons. The summed E-state index contributed by atoms with van der Waals surface area (Å²) in [6.07, 6.45) is 10.5. The summed E-state index contributed by atoms with van der Waals surface area (Å²) in [6, 6.07) is 14.7. The maximum absolute atomic E-state index is 17.3. The molecule has 8 heterocycles. The number of phenols is 1. The normalized spacial score (nSPS) is 24.5. The van der Waals surface area contributed by atoms with Crippen LogP contribution in [0.5, 0.6) is 11.8 Å². The number of piperidine rings is 4. The summed E-state index contributed by atoms with van der Waals surface area (Å²) in [5, 5.41) is 25.9. The number of imide groups is 1. The van der Waals surface area contributed by atoms with Crippen LogP contribution >= 0.6 is 0 Å². The van der Waals surface area contributed by atoms with Crippen LogP contribution in [-0.4, -0.2) is 133 Å². The van der Waals surface area contributed by atoms with E-state index in [0.29, 0.717) is 95.8 Å². The van der Waals surface area contributed by atoms with Crippen LogP contribution < -0.4 is 25.5 Å². The van der Waals surface area contributed by atoms with Crippen molar-refractivity contribution in [2.24, 2.45) is 18.9 Å². The number of carbonyl (C=O) groups is 3. The quantitative estimate of drug-likeness (QED) is 0.0991. The number of β-amino-alcohol motifs (C(OH)–C–C–N with tert-alkyl or cyclic N) is 1. The molecule has 3 amide bonds. The highest BCUT2D eigenvalue weighted by Gasteiger charge is 2.50. The third kappa shape index (κ3) is 9.92. The highest BCUT2D eigenvalue weighted by molar-refractivity contribution is 6.03. The molecule has 4 aromatic carbocycles. The molecule has 6 aromatic rings. The van der Waals surface area contributed by atoms with Crippen LogP contribution in [0.3, 0.4) is 0 Å². The van der Waals surface area contributed by atoms with Gasteiger partial charge in [-0.1, -0.05) is 19.1 Å². The average Bonchev–Trinajstić information content (AvgIpc) is 4.32. The highest BCUT2D eigenvalue weighted by Crippen LogP contribution is 2.45. The molecule has 0 bridgehead atoms. The number of fused-ring (bicyclic) bond motifs is 4. The Morgan fingerprint density at radius 3 is 2.37 bits per heavy atom. The minimum Gasteiger partial charge on any atom is -0.508 e. The van der Waals surface area contributed by atoms with Crippen molar-refractivity contribution in [3.8, 4) is 22.9 Å². The van der Waals surface area contributed by atoms with Gasteiger partial charge in [-0.2, -0.15) is 9.97 Å². The van der Waals surface area contributed by atoms with Gasteiger partial charge in [0.2, 0.25) is 11.8 Å². The number of aromatic nitrogens is 4. The minimum atomic E-state index is -0.982. The molecule has 1 unspecified atom stereocenters. The van der Waals surface area contributed by atoms with Gasteiger partial charge in [-0.25, -0.2) is 18.4 Å². The molecule has 79 heavy (non-hydrogen) atoms. The van der Waals surface area contributed by atoms with E-state index in [2.05, 4.69) is 15.1 Å². The molecule has 2 aromatic heterocycles. The zero-order valence-electron chi connectivity index (χ0n) is 45.4. The van der Waals surface area contributed by atoms with Crippen molar-refractivity contribution in [2.75, 3.05) is 68.8 Å². The lowest BCUT2D eigenvalue weighted by Crippen LogP contribution is -2.48. The molecule has 6 aliphatic rings. The first-order valence-electron chi connectivity index (χ1n) is 28.6. The summed E-state index contributed by atoms with van der Waals surface area (Å²) in [6.45, 7) is 9.03. The van der Waals surface area contributed by atoms with E-state index < -0.39 is 29.2 Å². The van der Waals surface area contributed by atoms with E-state index in [0.717, 1.165) is 88.6 Å². The van der Waals surface area contributed by atoms with Gasteiger partial charge in [0.15, 0.2) is 5.82 Å². The second kappa shape index (κ2) is 21.0. The standard InChI is InChI=1S/C60H71F2N9O8/c1-4-42-46(61)11-7-38-30-41(72)32-45(51(38)42)43-9-10-44-53(52(43)62)64-56(65-54(44)69-23-5-20-59(2,77)34-69)79-35-60-21-6-24-70(60)40(15-22-60)33-78-58(76)68-27-18-37(19-28-68)29-36-16-25-67(26-17-36)39-8-12-47-49(31-39)66(3)57(75)71(47)48-13-14-50(73)63-55(48)74/h7-12,30-32,36-37,40,48,72,77H,4-6,13-29,33-35H2,1-3H3,(H,63,73,74)/t40-,48?,59+,60-/m0/s1. The zero-order chi connectivity index (χ0) is 54.9. The number of hydrogen-bond acceptors (Lipinski definition) is 13. The number of aromatic hydroxyl groups is 1. The Hall–Kier alpha value is -6.86. The van der Waals surface area contributed by atoms with E-state index >= 15 is 8.78 Å². The molecule has 3 N–H and O–H groups in total. The fraction of sp³-hybridized carbons (Fsp3) is 0.533. The van der Waals surface area contributed by atoms with E-state index in [1.54, 1.807) is 42.8 Å². The molecule has 6 aliphatic heterocycles. The monoisotopic (exact) mass is 1080 g/mol. The first kappa shape index (κ1) is 52.8. The number of ether oxygens (including phenoxy) is 2. The number of carbonyl (C=O) groups excluding carboxylic acids is 3. The van der Waals surface area contributed by atoms with Gasteiger partial charge in [-0.3, -0.25) is 28.9 Å². The van der Waals surface area contributed by atoms with E-state index in [1.165, 1.54) is 16.7 Å². The molecule has 12 rings (SSSR count). The van der Waals surface area contributed by atoms with Crippen molar-refractivity contribution in [3.63, 3.8) is 0 Å². The summed E-state index contributed by atoms with van der Waals surface area (Å²) in [4.78, 5) is 69.7. The highest BCUT2D eigenvalue weighted by atomic mass is 19.1. The van der Waals surface area contributed by atoms with E-state index in [9.17, 15) is 29.4 Å². The summed E-state index contributed by atoms with van der Waals surface area (Å²) < 4.78 is 48.4. The summed E-state index contributed by atoms with van der Waals surface area (Å²) >= 11 is 0. The molecule has 17 nitrogen and oxygen atoms in total. The number of aryl methyl sites for hydroxylation is 2. The fourth-order valence-electron chi connectivity index (χ4n) is 14.4. The lowest BCUT2D eigenvalue weighted by Gasteiger charge is -2.38. The molecule has 6 fully saturated rings. The number of amides is 3. The van der Waals surface area contributed by atoms with Crippen LogP contribution in [0.15, 0.2) is 59.4 Å². The number of likely N-dealkylation sites (tertiary alicyclic amines) is 1. The zero-order valence-corrected chi connectivity index (χ0v) is 45.4. The number of halogens is 2. The van der Waals surface area contributed by atoms with Crippen molar-refractivity contribution >= 4 is 62.1 Å². The Morgan fingerprint density at radius 1 is 0.835 bits per heavy atom. The van der Waals surface area contributed by atoms with Crippen molar-refractivity contribution < 1.29 is 42.9 Å². The molecular weight excluding hydrogens is 1010 g/mol. The number of anilines is 2. The summed E-state index contributed by atoms with van der Waals surface area (Å²) in [5.41, 5.74) is 1.86. The predicted molar refractivity (Wildman–Crippen MR) is 296 cm³/mol. The van der Waals surface area contributed by atoms with Gasteiger partial charge >= 0.3 is 17.8 Å². The van der Waals surface area contributed by atoms with Gasteiger partial charge in [-0.15, -0.1) is 0 Å². The molecule has 19 heteroatoms. The SMILES string of the molecule is CCc1c(F)ccc2cc(O)cc(-c3ccc4c(N5CCC[C@@](C)(O)C5)nc(OC[C@@]56CCCN5[C@H](COC(=O)N5CCC(CC7CCN(c8ccc9c(c8)n(C)c(=O)n9C8CCC(=O)NC8=O)CC7)CC5)CC6)nc4c3F)c12. The number of hydrogen-bond donors (Lipinski definition) is 3. The van der Waals surface area contributed by atoms with E-state index in [1.807, 2.05) is 34.9 Å². The smallest absolute Gasteiger partial charge is 0.409 e. The van der Waals surface area contributed by atoms with Crippen molar-refractivity contribution in [1.82, 2.24) is 34.2 Å². The minimum absolute atomic E-state index is 0.0143. The Labute approximate surface area is 457 Å². The molecule has 0 spiro atoms. The van der Waals surface area contributed by atoms with E-state index in [-0.39, 0.29) is 78.3 Å². The lowest BCUT2D eigenvalue weighted by atomic mass is 9.83. The number of rotatable bonds is 12. The van der Waals surface area contributed by atoms with Gasteiger partial charge in [0.25, 0.3) is 0 Å². The molecule has 0 aliphatic carbocycles. The molecule has 418 valence electrons. The maximum atomic E-state index is 17.3. The Morgan fingerprint density at radius 2 is 1.61 bits per heavy atom. The molecule has 4 atom stereocenters. The largest absolute Gasteiger partial charge is 0.508 e. The van der Waals surface area contributed by atoms with Crippen LogP contribution in [0.25, 0.3) is 43.8 Å². The molecule has 0 saturated carbocycles. The Balaban J connectivity index is 0.664. The van der Waals surface area contributed by atoms with Gasteiger partial charge in [-0.05, 0) is 173 Å². The predicted octanol–water partition coefficient (Wildman–Crippen LogP) is 8.51. The molecule has 6 saturated heterocycles. The number of benzene rings is 4. The van der Waals surface area contributed by atoms with Crippen LogP contribution in [0, 0.1) is 23.5 Å². The second-order valence-corrected chi connectivity index (χ2v) is 23.7. The van der Waals surface area contributed by atoms with Crippen LogP contribution in [0.1, 0.15) is 109 Å². The first-order chi connectivity index (χ1) is 38.1. The van der Waals surface area contributed by atoms with E-state index in [4.69, 9.17) is 19.4 Å². The third-order valence-electron chi connectivity index (χ3n) is 18.6. The maximum Gasteiger partial charge on any atom is 0.409 e. The van der Waals surface area contributed by atoms with Gasteiger partial charge in [0, 0.05) is 75.4 Å². The van der Waals surface area contributed by atoms with Crippen molar-refractivity contribution in [2.45, 2.75) is 127 Å². The first-order valence-corrected chi connectivity index (χ1v) is 28.6. The van der Waals surface area contributed by atoms with Gasteiger partial charge < -0.3 is 34.4 Å². The number of nitrogens with zero attached hydrogens (tertiary/aromatic N) is 8. The van der Waals surface area contributed by atoms with Crippen LogP contribution in [-0.2, 0) is 27.8 Å². The van der Waals surface area contributed by atoms with Crippen LogP contribution in [0.2, 0.25) is 0 Å². The lowest BCUT2D eigenvalue weighted by molar-refractivity contribution is -0.135. The Kier molecular flexibility index (Phi) is 14.0. The molecular formula is C60H71F2N9O8. The fourth-order valence-corrected chi connectivity index (χ4v) is 14.4. The van der Waals surface area contributed by atoms with Crippen LogP contribution in [0.4, 0.5) is 25.1 Å². The number of nitrogens with one attached hydrogen (secondary N) is 1. The van der Waals surface area contributed by atoms with Gasteiger partial charge in [0.05, 0.1) is 22.2 Å². The van der Waals surface area contributed by atoms with Gasteiger partial charge in [0.1, 0.15) is 42.2 Å². The van der Waals surface area contributed by atoms with Crippen molar-refractivity contribution in [3.05, 3.63) is 82.3 Å². The summed E-state index contributed by atoms with van der Waals surface area (Å²) in [7, 11) is 1.72. The average molecular weight is 1080 g/mol. The third-order valence-corrected chi connectivity index (χ3v) is 18.6. The number of imidazole rings is 1. The number of phenolic OH excluding ortho intramolecular Hbond substituents is 1.